The van der Waals surface area contributed by atoms with E-state index < -0.39 is 13.5 Å². The minimum atomic E-state index is -3.19. The van der Waals surface area contributed by atoms with Crippen LogP contribution >= 0.6 is 30.8 Å². The fraction of sp³-hybridized carbons (Fsp3) is 0.500. The van der Waals surface area contributed by atoms with Crippen molar-refractivity contribution in [2.45, 2.75) is 26.7 Å². The molecule has 0 saturated heterocycles. The van der Waals surface area contributed by atoms with Gasteiger partial charge in [0.05, 0.1) is 35.6 Å². The molecule has 7 nitrogen and oxygen atoms in total. The standard InChI is InChI=1S/C16H23Cl2N2O5P/c1-4-24-26(23,25-5-2)8-6-7-14(21)20-15-12(16(22)19-3)9-11(17)10-13(15)18/h9-10H,4-8H2,1-3H3,(H,19,22)(H,20,21). The number of nitrogens with one attached hydrogen (secondary N) is 2. The van der Waals surface area contributed by atoms with Crippen LogP contribution in [0.1, 0.15) is 37.0 Å². The highest BCUT2D eigenvalue weighted by atomic mass is 35.5. The van der Waals surface area contributed by atoms with Gasteiger partial charge in [0.25, 0.3) is 5.91 Å². The van der Waals surface area contributed by atoms with Gasteiger partial charge in [0, 0.05) is 18.5 Å². The molecule has 26 heavy (non-hydrogen) atoms. The maximum absolute atomic E-state index is 12.4. The molecule has 0 heterocycles. The van der Waals surface area contributed by atoms with Gasteiger partial charge >= 0.3 is 7.60 Å². The molecule has 0 spiro atoms. The lowest BCUT2D eigenvalue weighted by atomic mass is 10.1. The summed E-state index contributed by atoms with van der Waals surface area (Å²) in [5.74, 6) is -0.805. The zero-order valence-corrected chi connectivity index (χ0v) is 17.3. The highest BCUT2D eigenvalue weighted by Gasteiger charge is 2.24. The molecule has 1 aromatic carbocycles. The summed E-state index contributed by atoms with van der Waals surface area (Å²) in [6.07, 6.45) is 0.485. The molecule has 0 unspecified atom stereocenters. The number of carbonyl (C=O) groups excluding carboxylic acids is 2. The monoisotopic (exact) mass is 424 g/mol. The summed E-state index contributed by atoms with van der Waals surface area (Å²) in [6, 6.07) is 2.85. The van der Waals surface area contributed by atoms with Gasteiger partial charge in [-0.25, -0.2) is 0 Å². The van der Waals surface area contributed by atoms with E-state index in [1.807, 2.05) is 0 Å². The summed E-state index contributed by atoms with van der Waals surface area (Å²) in [5, 5.41) is 5.50. The van der Waals surface area contributed by atoms with Crippen molar-refractivity contribution in [3.05, 3.63) is 27.7 Å². The van der Waals surface area contributed by atoms with Crippen LogP contribution in [0.4, 0.5) is 5.69 Å². The van der Waals surface area contributed by atoms with Gasteiger partial charge in [0.15, 0.2) is 0 Å². The highest BCUT2D eigenvalue weighted by Crippen LogP contribution is 2.48. The fourth-order valence-electron chi connectivity index (χ4n) is 2.21. The molecule has 146 valence electrons. The predicted octanol–water partition coefficient (Wildman–Crippen LogP) is 4.34. The lowest BCUT2D eigenvalue weighted by molar-refractivity contribution is -0.116. The molecule has 1 aromatic rings. The molecule has 0 atom stereocenters. The van der Waals surface area contributed by atoms with Crippen molar-refractivity contribution in [1.29, 1.82) is 0 Å². The first-order valence-electron chi connectivity index (χ1n) is 8.15. The van der Waals surface area contributed by atoms with E-state index in [0.717, 1.165) is 0 Å². The van der Waals surface area contributed by atoms with E-state index >= 15 is 0 Å². The Kier molecular flexibility index (Phi) is 9.61. The van der Waals surface area contributed by atoms with E-state index in [-0.39, 0.29) is 53.0 Å². The van der Waals surface area contributed by atoms with E-state index in [2.05, 4.69) is 10.6 Å². The first kappa shape index (κ1) is 22.9. The van der Waals surface area contributed by atoms with Gasteiger partial charge in [-0.15, -0.1) is 0 Å². The zero-order valence-electron chi connectivity index (χ0n) is 14.9. The Labute approximate surface area is 163 Å². The molecule has 2 amide bonds. The molecular formula is C16H23Cl2N2O5P. The largest absolute Gasteiger partial charge is 0.355 e. The van der Waals surface area contributed by atoms with Gasteiger partial charge in [-0.1, -0.05) is 23.2 Å². The topological polar surface area (TPSA) is 93.7 Å². The summed E-state index contributed by atoms with van der Waals surface area (Å²) < 4.78 is 22.7. The fourth-order valence-corrected chi connectivity index (χ4v) is 4.41. The second-order valence-electron chi connectivity index (χ2n) is 5.21. The number of hydrogen-bond donors (Lipinski definition) is 2. The van der Waals surface area contributed by atoms with Crippen LogP contribution in [-0.2, 0) is 18.4 Å². The maximum atomic E-state index is 12.4. The Morgan fingerprint density at radius 3 is 2.31 bits per heavy atom. The number of rotatable bonds is 10. The van der Waals surface area contributed by atoms with Gasteiger partial charge in [0.2, 0.25) is 5.91 Å². The van der Waals surface area contributed by atoms with Gasteiger partial charge in [-0.05, 0) is 32.4 Å². The first-order valence-corrected chi connectivity index (χ1v) is 10.6. The van der Waals surface area contributed by atoms with Crippen LogP contribution < -0.4 is 10.6 Å². The minimum Gasteiger partial charge on any atom is -0.355 e. The number of anilines is 1. The maximum Gasteiger partial charge on any atom is 0.330 e. The van der Waals surface area contributed by atoms with Gasteiger partial charge < -0.3 is 19.7 Å². The SMILES string of the molecule is CCOP(=O)(CCCC(=O)Nc1c(Cl)cc(Cl)cc1C(=O)NC)OCC. The van der Waals surface area contributed by atoms with Gasteiger partial charge in [-0.3, -0.25) is 14.2 Å². The van der Waals surface area contributed by atoms with Crippen molar-refractivity contribution in [1.82, 2.24) is 5.32 Å². The molecule has 10 heteroatoms. The zero-order chi connectivity index (χ0) is 19.7. The molecule has 0 radical (unpaired) electrons. The van der Waals surface area contributed by atoms with Crippen molar-refractivity contribution in [3.63, 3.8) is 0 Å². The van der Waals surface area contributed by atoms with Crippen molar-refractivity contribution >= 4 is 48.3 Å². The molecule has 0 bridgehead atoms. The summed E-state index contributed by atoms with van der Waals surface area (Å²) in [7, 11) is -1.73. The molecule has 0 aliphatic heterocycles. The number of amides is 2. The number of hydrogen-bond acceptors (Lipinski definition) is 5. The molecule has 2 N–H and O–H groups in total. The number of halogens is 2. The number of benzene rings is 1. The Morgan fingerprint density at radius 2 is 1.77 bits per heavy atom. The van der Waals surface area contributed by atoms with Crippen LogP contribution in [0.15, 0.2) is 12.1 Å². The molecule has 0 fully saturated rings. The predicted molar refractivity (Wildman–Crippen MR) is 103 cm³/mol. The Morgan fingerprint density at radius 1 is 1.15 bits per heavy atom. The van der Waals surface area contributed by atoms with Crippen molar-refractivity contribution < 1.29 is 23.2 Å². The normalized spacial score (nSPS) is 11.3. The highest BCUT2D eigenvalue weighted by molar-refractivity contribution is 7.53. The van der Waals surface area contributed by atoms with Crippen LogP contribution in [0, 0.1) is 0 Å². The molecule has 0 aliphatic carbocycles. The minimum absolute atomic E-state index is 0.0658. The molecule has 0 aliphatic rings. The Bertz CT molecular complexity index is 689. The van der Waals surface area contributed by atoms with E-state index in [1.54, 1.807) is 13.8 Å². The summed E-state index contributed by atoms with van der Waals surface area (Å²) in [6.45, 7) is 3.97. The molecule has 1 rings (SSSR count). The van der Waals surface area contributed by atoms with E-state index in [4.69, 9.17) is 32.2 Å². The van der Waals surface area contributed by atoms with Crippen LogP contribution in [0.2, 0.25) is 10.0 Å². The quantitative estimate of drug-likeness (QED) is 0.544. The van der Waals surface area contributed by atoms with Crippen LogP contribution in [0.3, 0.4) is 0 Å². The second-order valence-corrected chi connectivity index (χ2v) is 8.24. The lowest BCUT2D eigenvalue weighted by Crippen LogP contribution is -2.22. The van der Waals surface area contributed by atoms with Crippen LogP contribution in [0.25, 0.3) is 0 Å². The van der Waals surface area contributed by atoms with Crippen molar-refractivity contribution in [3.8, 4) is 0 Å². The van der Waals surface area contributed by atoms with Crippen molar-refractivity contribution in [2.24, 2.45) is 0 Å². The summed E-state index contributed by atoms with van der Waals surface area (Å²) in [4.78, 5) is 24.2. The van der Waals surface area contributed by atoms with Crippen LogP contribution in [0.5, 0.6) is 0 Å². The average Bonchev–Trinajstić information content (AvgIpc) is 2.56. The Hall–Kier alpha value is -1.11. The van der Waals surface area contributed by atoms with E-state index in [0.29, 0.717) is 6.42 Å². The summed E-state index contributed by atoms with van der Waals surface area (Å²) in [5.41, 5.74) is 0.339. The van der Waals surface area contributed by atoms with E-state index in [1.165, 1.54) is 19.2 Å². The van der Waals surface area contributed by atoms with Crippen LogP contribution in [-0.4, -0.2) is 38.2 Å². The lowest BCUT2D eigenvalue weighted by Gasteiger charge is -2.17. The Balaban J connectivity index is 2.77. The number of carbonyl (C=O) groups is 2. The average molecular weight is 425 g/mol. The third kappa shape index (κ3) is 6.89. The summed E-state index contributed by atoms with van der Waals surface area (Å²) >= 11 is 12.0. The molecular weight excluding hydrogens is 402 g/mol. The second kappa shape index (κ2) is 10.9. The third-order valence-corrected chi connectivity index (χ3v) is 5.96. The molecule has 0 saturated carbocycles. The third-order valence-electron chi connectivity index (χ3n) is 3.28. The molecule has 0 aromatic heterocycles. The van der Waals surface area contributed by atoms with Gasteiger partial charge in [-0.2, -0.15) is 0 Å². The van der Waals surface area contributed by atoms with E-state index in [9.17, 15) is 14.2 Å². The van der Waals surface area contributed by atoms with Crippen molar-refractivity contribution in [2.75, 3.05) is 31.7 Å². The first-order chi connectivity index (χ1) is 12.3. The smallest absolute Gasteiger partial charge is 0.330 e. The van der Waals surface area contributed by atoms with Gasteiger partial charge in [0.1, 0.15) is 0 Å².